The van der Waals surface area contributed by atoms with Crippen LogP contribution < -0.4 is 5.32 Å². The maximum atomic E-state index is 13.0. The Bertz CT molecular complexity index is 1150. The third-order valence-electron chi connectivity index (χ3n) is 4.34. The van der Waals surface area contributed by atoms with Gasteiger partial charge in [-0.1, -0.05) is 20.8 Å². The summed E-state index contributed by atoms with van der Waals surface area (Å²) < 4.78 is 27.5. The first-order chi connectivity index (χ1) is 14.2. The molecule has 0 aromatic carbocycles. The number of hydrogen-bond acceptors (Lipinski definition) is 5. The van der Waals surface area contributed by atoms with E-state index < -0.39 is 6.43 Å². The van der Waals surface area contributed by atoms with Gasteiger partial charge >= 0.3 is 0 Å². The highest BCUT2D eigenvalue weighted by Crippen LogP contribution is 2.28. The van der Waals surface area contributed by atoms with E-state index in [9.17, 15) is 14.0 Å². The summed E-state index contributed by atoms with van der Waals surface area (Å²) in [5.41, 5.74) is 2.65. The van der Waals surface area contributed by atoms with E-state index in [1.807, 2.05) is 6.07 Å². The summed E-state index contributed by atoms with van der Waals surface area (Å²) in [4.78, 5) is 8.38. The van der Waals surface area contributed by atoms with Crippen LogP contribution in [0.4, 0.5) is 8.78 Å². The number of nitrogens with one attached hydrogen (secondary N) is 2. The molecule has 2 N–H and O–H groups in total. The van der Waals surface area contributed by atoms with Gasteiger partial charge in [-0.25, -0.2) is 18.7 Å². The predicted molar refractivity (Wildman–Crippen MR) is 112 cm³/mol. The molecule has 0 aliphatic carbocycles. The van der Waals surface area contributed by atoms with Gasteiger partial charge in [-0.2, -0.15) is 5.26 Å². The lowest BCUT2D eigenvalue weighted by atomic mass is 9.97. The lowest BCUT2D eigenvalue weighted by Crippen LogP contribution is -2.23. The van der Waals surface area contributed by atoms with E-state index in [1.54, 1.807) is 36.7 Å². The Labute approximate surface area is 173 Å². The molecule has 0 spiro atoms. The van der Waals surface area contributed by atoms with Crippen LogP contribution in [0.15, 0.2) is 42.9 Å². The van der Waals surface area contributed by atoms with E-state index in [0.717, 1.165) is 0 Å². The van der Waals surface area contributed by atoms with Crippen molar-refractivity contribution in [3.8, 4) is 17.3 Å². The Hall–Kier alpha value is -3.60. The molecule has 0 unspecified atom stereocenters. The van der Waals surface area contributed by atoms with E-state index in [2.05, 4.69) is 36.1 Å². The standard InChI is InChI=1S/C22H22F2N6/c1-22(2,3)13-27-11-15(9-25)17-5-4-16(10-26)28-20(17)14-6-7-30-12-18(21(23)24)29-19(30)8-14/h4-9,11-12,21,25,27H,13H2,1-3H3/b15-11+,25-9?. The van der Waals surface area contributed by atoms with Gasteiger partial charge in [0.2, 0.25) is 0 Å². The monoisotopic (exact) mass is 408 g/mol. The molecule has 0 saturated heterocycles. The zero-order chi connectivity index (χ0) is 21.9. The molecule has 0 amide bonds. The first kappa shape index (κ1) is 21.1. The van der Waals surface area contributed by atoms with Gasteiger partial charge in [0, 0.05) is 48.1 Å². The number of allylic oxidation sites excluding steroid dienone is 1. The van der Waals surface area contributed by atoms with E-state index in [1.165, 1.54) is 16.8 Å². The van der Waals surface area contributed by atoms with Gasteiger partial charge in [0.05, 0.1) is 5.69 Å². The normalized spacial score (nSPS) is 12.2. The summed E-state index contributed by atoms with van der Waals surface area (Å²) in [5, 5.41) is 20.3. The van der Waals surface area contributed by atoms with Crippen molar-refractivity contribution >= 4 is 17.4 Å². The Morgan fingerprint density at radius 3 is 2.70 bits per heavy atom. The third kappa shape index (κ3) is 4.69. The fraction of sp³-hybridized carbons (Fsp3) is 0.273. The first-order valence-corrected chi connectivity index (χ1v) is 9.34. The second kappa shape index (κ2) is 8.41. The summed E-state index contributed by atoms with van der Waals surface area (Å²) >= 11 is 0. The molecule has 0 bridgehead atoms. The number of rotatable bonds is 6. The van der Waals surface area contributed by atoms with Crippen LogP contribution in [0.5, 0.6) is 0 Å². The zero-order valence-electron chi connectivity index (χ0n) is 16.9. The molecule has 0 radical (unpaired) electrons. The fourth-order valence-corrected chi connectivity index (χ4v) is 2.89. The molecule has 3 rings (SSSR count). The Balaban J connectivity index is 2.09. The van der Waals surface area contributed by atoms with Crippen LogP contribution in [0.1, 0.15) is 44.1 Å². The summed E-state index contributed by atoms with van der Waals surface area (Å²) in [6.07, 6.45) is 3.20. The van der Waals surface area contributed by atoms with Crippen LogP contribution in [0, 0.1) is 22.2 Å². The van der Waals surface area contributed by atoms with Crippen molar-refractivity contribution in [1.29, 1.82) is 10.7 Å². The van der Waals surface area contributed by atoms with Crippen molar-refractivity contribution in [2.75, 3.05) is 6.54 Å². The molecule has 0 saturated carbocycles. The third-order valence-corrected chi connectivity index (χ3v) is 4.34. The van der Waals surface area contributed by atoms with Crippen LogP contribution in [0.3, 0.4) is 0 Å². The van der Waals surface area contributed by atoms with E-state index in [4.69, 9.17) is 5.41 Å². The lowest BCUT2D eigenvalue weighted by molar-refractivity contribution is 0.147. The largest absolute Gasteiger partial charge is 0.390 e. The van der Waals surface area contributed by atoms with Crippen LogP contribution in [-0.4, -0.2) is 27.1 Å². The van der Waals surface area contributed by atoms with E-state index in [0.29, 0.717) is 34.6 Å². The Morgan fingerprint density at radius 2 is 2.07 bits per heavy atom. The van der Waals surface area contributed by atoms with Crippen LogP contribution in [0.25, 0.3) is 22.5 Å². The molecule has 0 atom stereocenters. The van der Waals surface area contributed by atoms with Crippen molar-refractivity contribution < 1.29 is 8.78 Å². The molecule has 8 heteroatoms. The number of fused-ring (bicyclic) bond motifs is 1. The number of pyridine rings is 2. The average molecular weight is 408 g/mol. The van der Waals surface area contributed by atoms with Gasteiger partial charge in [-0.3, -0.25) is 0 Å². The summed E-state index contributed by atoms with van der Waals surface area (Å²) in [5.74, 6) is 0. The first-order valence-electron chi connectivity index (χ1n) is 9.34. The number of halogens is 2. The maximum absolute atomic E-state index is 13.0. The fourth-order valence-electron chi connectivity index (χ4n) is 2.89. The van der Waals surface area contributed by atoms with Gasteiger partial charge in [-0.15, -0.1) is 0 Å². The molecular weight excluding hydrogens is 386 g/mol. The van der Waals surface area contributed by atoms with Crippen molar-refractivity contribution in [2.45, 2.75) is 27.2 Å². The molecule has 3 heterocycles. The quantitative estimate of drug-likeness (QED) is 0.572. The molecule has 3 aromatic heterocycles. The summed E-state index contributed by atoms with van der Waals surface area (Å²) in [7, 11) is 0. The minimum Gasteiger partial charge on any atom is -0.390 e. The molecule has 30 heavy (non-hydrogen) atoms. The summed E-state index contributed by atoms with van der Waals surface area (Å²) in [6, 6.07) is 8.70. The average Bonchev–Trinajstić information content (AvgIpc) is 3.14. The second-order valence-electron chi connectivity index (χ2n) is 8.04. The lowest BCUT2D eigenvalue weighted by Gasteiger charge is -2.18. The van der Waals surface area contributed by atoms with Gasteiger partial charge in [0.1, 0.15) is 23.1 Å². The minimum absolute atomic E-state index is 0.0590. The molecule has 0 aliphatic heterocycles. The molecule has 0 aliphatic rings. The predicted octanol–water partition coefficient (Wildman–Crippen LogP) is 4.83. The van der Waals surface area contributed by atoms with Crippen LogP contribution in [0.2, 0.25) is 0 Å². The number of alkyl halides is 2. The van der Waals surface area contributed by atoms with Gasteiger partial charge < -0.3 is 15.1 Å². The van der Waals surface area contributed by atoms with Gasteiger partial charge in [0.15, 0.2) is 0 Å². The molecule has 0 fully saturated rings. The number of aromatic nitrogens is 3. The molecule has 154 valence electrons. The number of nitrogens with zero attached hydrogens (tertiary/aromatic N) is 4. The Morgan fingerprint density at radius 1 is 1.30 bits per heavy atom. The van der Waals surface area contributed by atoms with Crippen molar-refractivity contribution in [3.63, 3.8) is 0 Å². The topological polar surface area (TPSA) is 89.9 Å². The van der Waals surface area contributed by atoms with Gasteiger partial charge in [0.25, 0.3) is 6.43 Å². The SMILES string of the molecule is CC(C)(C)CN/C=C(\C=N)c1ccc(C#N)nc1-c1ccn2cc(C(F)F)nc2c1. The number of imidazole rings is 1. The second-order valence-corrected chi connectivity index (χ2v) is 8.04. The van der Waals surface area contributed by atoms with Crippen molar-refractivity contribution in [1.82, 2.24) is 19.7 Å². The highest BCUT2D eigenvalue weighted by Gasteiger charge is 2.16. The molecular formula is C22H22F2N6. The van der Waals surface area contributed by atoms with Crippen molar-refractivity contribution in [3.05, 3.63) is 59.8 Å². The van der Waals surface area contributed by atoms with E-state index >= 15 is 0 Å². The highest BCUT2D eigenvalue weighted by molar-refractivity contribution is 6.10. The smallest absolute Gasteiger partial charge is 0.281 e. The van der Waals surface area contributed by atoms with E-state index in [-0.39, 0.29) is 16.8 Å². The minimum atomic E-state index is -2.66. The zero-order valence-corrected chi connectivity index (χ0v) is 16.9. The molecule has 6 nitrogen and oxygen atoms in total. The molecule has 3 aromatic rings. The Kier molecular flexibility index (Phi) is 5.92. The van der Waals surface area contributed by atoms with Crippen LogP contribution >= 0.6 is 0 Å². The summed E-state index contributed by atoms with van der Waals surface area (Å²) in [6.45, 7) is 7.00. The highest BCUT2D eigenvalue weighted by atomic mass is 19.3. The number of hydrogen-bond donors (Lipinski definition) is 2. The maximum Gasteiger partial charge on any atom is 0.281 e. The van der Waals surface area contributed by atoms with Crippen LogP contribution in [-0.2, 0) is 0 Å². The number of nitriles is 1. The van der Waals surface area contributed by atoms with Crippen molar-refractivity contribution in [2.24, 2.45) is 5.41 Å². The van der Waals surface area contributed by atoms with Gasteiger partial charge in [-0.05, 0) is 29.7 Å².